The summed E-state index contributed by atoms with van der Waals surface area (Å²) < 4.78 is 19.6. The first kappa shape index (κ1) is 24.9. The van der Waals surface area contributed by atoms with Gasteiger partial charge >= 0.3 is 0 Å². The summed E-state index contributed by atoms with van der Waals surface area (Å²) in [6.45, 7) is 2.92. The van der Waals surface area contributed by atoms with Crippen LogP contribution in [0, 0.1) is 11.2 Å². The molecule has 9 nitrogen and oxygen atoms in total. The van der Waals surface area contributed by atoms with Crippen LogP contribution in [0.3, 0.4) is 0 Å². The highest BCUT2D eigenvalue weighted by atomic mass is 19.1. The van der Waals surface area contributed by atoms with E-state index in [4.69, 9.17) is 15.9 Å². The van der Waals surface area contributed by atoms with Crippen molar-refractivity contribution in [2.24, 2.45) is 5.73 Å². The van der Waals surface area contributed by atoms with Crippen molar-refractivity contribution in [3.8, 4) is 5.75 Å². The van der Waals surface area contributed by atoms with Crippen LogP contribution in [-0.4, -0.2) is 43.1 Å². The predicted octanol–water partition coefficient (Wildman–Crippen LogP) is 3.35. The molecule has 0 aliphatic carbocycles. The van der Waals surface area contributed by atoms with Crippen LogP contribution >= 0.6 is 0 Å². The molecule has 0 aromatic heterocycles. The predicted molar refractivity (Wildman–Crippen MR) is 135 cm³/mol. The summed E-state index contributed by atoms with van der Waals surface area (Å²) in [6.07, 6.45) is 2.55. The van der Waals surface area contributed by atoms with Crippen molar-refractivity contribution in [2.45, 2.75) is 32.6 Å². The first-order valence-corrected chi connectivity index (χ1v) is 11.8. The molecule has 2 aliphatic rings. The minimum Gasteiger partial charge on any atom is -0.491 e. The second-order valence-electron chi connectivity index (χ2n) is 8.52. The molecule has 4 N–H and O–H groups in total. The third kappa shape index (κ3) is 5.07. The van der Waals surface area contributed by atoms with E-state index < -0.39 is 23.3 Å². The van der Waals surface area contributed by atoms with Gasteiger partial charge in [-0.25, -0.2) is 4.39 Å². The molecule has 0 unspecified atom stereocenters. The minimum absolute atomic E-state index is 0.0242. The Labute approximate surface area is 208 Å². The fraction of sp³-hybridized carbons (Fsp3) is 0.308. The number of carbonyl (C=O) groups is 3. The average Bonchev–Trinajstić information content (AvgIpc) is 2.87. The van der Waals surface area contributed by atoms with E-state index in [0.717, 1.165) is 18.5 Å². The molecule has 0 atom stereocenters. The number of rotatable bonds is 8. The molecule has 10 heteroatoms. The first-order valence-electron chi connectivity index (χ1n) is 11.8. The second-order valence-corrected chi connectivity index (χ2v) is 8.52. The second kappa shape index (κ2) is 10.6. The van der Waals surface area contributed by atoms with Crippen molar-refractivity contribution in [3.05, 3.63) is 59.6 Å². The molecule has 36 heavy (non-hydrogen) atoms. The molecule has 0 saturated carbocycles. The molecule has 2 aliphatic heterocycles. The topological polar surface area (TPSA) is 129 Å². The number of primary amides is 1. The van der Waals surface area contributed by atoms with Gasteiger partial charge in [0.25, 0.3) is 11.8 Å². The number of amides is 3. The third-order valence-corrected chi connectivity index (χ3v) is 6.19. The summed E-state index contributed by atoms with van der Waals surface area (Å²) >= 11 is 0. The Balaban J connectivity index is 1.62. The summed E-state index contributed by atoms with van der Waals surface area (Å²) in [4.78, 5) is 40.8. The van der Waals surface area contributed by atoms with Crippen molar-refractivity contribution in [1.29, 1.82) is 5.41 Å². The van der Waals surface area contributed by atoms with Crippen LogP contribution in [0.2, 0.25) is 0 Å². The van der Waals surface area contributed by atoms with E-state index >= 15 is 0 Å². The molecular weight excluding hydrogens is 465 g/mol. The number of hydrogen-bond donors (Lipinski definition) is 3. The molecule has 0 bridgehead atoms. The number of nitrogens with zero attached hydrogens (tertiary/aromatic N) is 2. The molecule has 2 heterocycles. The molecule has 2 aromatic rings. The van der Waals surface area contributed by atoms with E-state index in [-0.39, 0.29) is 41.6 Å². The normalized spacial score (nSPS) is 16.3. The van der Waals surface area contributed by atoms with E-state index in [1.165, 1.54) is 17.0 Å². The average molecular weight is 494 g/mol. The summed E-state index contributed by atoms with van der Waals surface area (Å²) in [5.41, 5.74) is 6.61. The largest absolute Gasteiger partial charge is 0.491 e. The summed E-state index contributed by atoms with van der Waals surface area (Å²) in [6, 6.07) is 11.3. The summed E-state index contributed by atoms with van der Waals surface area (Å²) in [5.74, 6) is -1.91. The lowest BCUT2D eigenvalue weighted by molar-refractivity contribution is -0.119. The Morgan fingerprint density at radius 3 is 2.36 bits per heavy atom. The van der Waals surface area contributed by atoms with E-state index in [2.05, 4.69) is 5.32 Å². The van der Waals surface area contributed by atoms with Gasteiger partial charge in [-0.05, 0) is 62.6 Å². The van der Waals surface area contributed by atoms with Crippen LogP contribution < -0.4 is 25.6 Å². The van der Waals surface area contributed by atoms with Crippen LogP contribution in [0.4, 0.5) is 21.5 Å². The van der Waals surface area contributed by atoms with Gasteiger partial charge in [-0.15, -0.1) is 0 Å². The molecule has 4 rings (SSSR count). The number of hydrogen-bond acceptors (Lipinski definition) is 6. The monoisotopic (exact) mass is 493 g/mol. The molecule has 0 radical (unpaired) electrons. The highest BCUT2D eigenvalue weighted by Crippen LogP contribution is 2.30. The van der Waals surface area contributed by atoms with Crippen molar-refractivity contribution in [2.75, 3.05) is 34.8 Å². The SMILES string of the molecule is CCOc1ccc(NC2=C(C(=N)C(N)=O)CCN(c3ccc(N4CCCCC4=O)cc3)C2=O)cc1F. The smallest absolute Gasteiger partial charge is 0.275 e. The van der Waals surface area contributed by atoms with Gasteiger partial charge in [-0.1, -0.05) is 0 Å². The van der Waals surface area contributed by atoms with Crippen LogP contribution in [0.5, 0.6) is 5.75 Å². The van der Waals surface area contributed by atoms with Gasteiger partial charge in [0.2, 0.25) is 5.91 Å². The number of carbonyl (C=O) groups excluding carboxylic acids is 3. The van der Waals surface area contributed by atoms with Crippen LogP contribution in [-0.2, 0) is 14.4 Å². The van der Waals surface area contributed by atoms with Gasteiger partial charge in [0, 0.05) is 48.2 Å². The lowest BCUT2D eigenvalue weighted by Crippen LogP contribution is -2.42. The zero-order chi connectivity index (χ0) is 25.8. The Kier molecular flexibility index (Phi) is 7.33. The Morgan fingerprint density at radius 1 is 1.06 bits per heavy atom. The fourth-order valence-electron chi connectivity index (χ4n) is 4.38. The van der Waals surface area contributed by atoms with Crippen molar-refractivity contribution >= 4 is 40.5 Å². The minimum atomic E-state index is -0.959. The quantitative estimate of drug-likeness (QED) is 0.486. The van der Waals surface area contributed by atoms with Gasteiger partial charge < -0.3 is 25.6 Å². The Bertz CT molecular complexity index is 1240. The summed E-state index contributed by atoms with van der Waals surface area (Å²) in [5, 5.41) is 11.0. The Morgan fingerprint density at radius 2 is 1.75 bits per heavy atom. The number of ether oxygens (including phenoxy) is 1. The maximum absolute atomic E-state index is 14.4. The molecule has 0 spiro atoms. The van der Waals surface area contributed by atoms with Crippen molar-refractivity contribution < 1.29 is 23.5 Å². The fourth-order valence-corrected chi connectivity index (χ4v) is 4.38. The van der Waals surface area contributed by atoms with Gasteiger partial charge in [0.15, 0.2) is 11.6 Å². The zero-order valence-electron chi connectivity index (χ0n) is 20.0. The zero-order valence-corrected chi connectivity index (χ0v) is 20.0. The maximum atomic E-state index is 14.4. The van der Waals surface area contributed by atoms with Crippen molar-refractivity contribution in [3.63, 3.8) is 0 Å². The number of nitrogens with two attached hydrogens (primary N) is 1. The lowest BCUT2D eigenvalue weighted by Gasteiger charge is -2.32. The van der Waals surface area contributed by atoms with Gasteiger partial charge in [0.1, 0.15) is 11.4 Å². The third-order valence-electron chi connectivity index (χ3n) is 6.19. The first-order chi connectivity index (χ1) is 17.3. The van der Waals surface area contributed by atoms with E-state index in [0.29, 0.717) is 25.3 Å². The van der Waals surface area contributed by atoms with E-state index in [9.17, 15) is 18.8 Å². The molecule has 2 aromatic carbocycles. The lowest BCUT2D eigenvalue weighted by atomic mass is 9.98. The number of benzene rings is 2. The van der Waals surface area contributed by atoms with Crippen molar-refractivity contribution in [1.82, 2.24) is 0 Å². The van der Waals surface area contributed by atoms with E-state index in [1.54, 1.807) is 42.2 Å². The number of nitrogens with one attached hydrogen (secondary N) is 2. The maximum Gasteiger partial charge on any atom is 0.275 e. The molecule has 1 fully saturated rings. The van der Waals surface area contributed by atoms with E-state index in [1.807, 2.05) is 0 Å². The number of halogens is 1. The van der Waals surface area contributed by atoms with Crippen LogP contribution in [0.1, 0.15) is 32.6 Å². The molecule has 3 amide bonds. The standard InChI is InChI=1S/C26H28FN5O4/c1-2-36-21-11-6-16(15-20(21)27)30-24-19(23(28)25(29)34)12-14-32(26(24)35)18-9-7-17(8-10-18)31-13-4-3-5-22(31)33/h6-11,15,28,30H,2-5,12-14H2,1H3,(H2,29,34). The molecule has 188 valence electrons. The van der Waals surface area contributed by atoms with Gasteiger partial charge in [0.05, 0.1) is 6.61 Å². The molecule has 1 saturated heterocycles. The molecular formula is C26H28FN5O4. The number of piperidine rings is 1. The van der Waals surface area contributed by atoms with Gasteiger partial charge in [-0.3, -0.25) is 19.8 Å². The van der Waals surface area contributed by atoms with Crippen LogP contribution in [0.25, 0.3) is 0 Å². The highest BCUT2D eigenvalue weighted by Gasteiger charge is 2.32. The Hall–Kier alpha value is -4.21. The van der Waals surface area contributed by atoms with Crippen LogP contribution in [0.15, 0.2) is 53.7 Å². The van der Waals surface area contributed by atoms with Gasteiger partial charge in [-0.2, -0.15) is 0 Å². The summed E-state index contributed by atoms with van der Waals surface area (Å²) in [7, 11) is 0. The highest BCUT2D eigenvalue weighted by molar-refractivity contribution is 6.44. The number of anilines is 3.